The van der Waals surface area contributed by atoms with Crippen molar-refractivity contribution < 1.29 is 17.4 Å². The molecular formula is C10H9FN4O3S. The molecule has 1 heterocycles. The highest BCUT2D eigenvalue weighted by molar-refractivity contribution is 7.85. The van der Waals surface area contributed by atoms with Gasteiger partial charge in [-0.05, 0) is 25.1 Å². The first kappa shape index (κ1) is 13.3. The third-order valence-corrected chi connectivity index (χ3v) is 2.96. The van der Waals surface area contributed by atoms with Gasteiger partial charge in [-0.3, -0.25) is 4.55 Å². The summed E-state index contributed by atoms with van der Waals surface area (Å²) in [6, 6.07) is 5.33. The van der Waals surface area contributed by atoms with E-state index in [1.165, 1.54) is 31.2 Å². The second-order valence-electron chi connectivity index (χ2n) is 3.60. The Kier molecular flexibility index (Phi) is 3.40. The van der Waals surface area contributed by atoms with Crippen molar-refractivity contribution in [3.8, 4) is 0 Å². The zero-order valence-electron chi connectivity index (χ0n) is 9.70. The molecule has 2 rings (SSSR count). The van der Waals surface area contributed by atoms with E-state index < -0.39 is 16.2 Å². The molecule has 100 valence electrons. The number of aryl methyl sites for hydroxylation is 1. The van der Waals surface area contributed by atoms with E-state index in [1.54, 1.807) is 0 Å². The van der Waals surface area contributed by atoms with Gasteiger partial charge in [0.05, 0.1) is 4.90 Å². The summed E-state index contributed by atoms with van der Waals surface area (Å²) in [5, 5.41) is 2.62. The first-order chi connectivity index (χ1) is 8.84. The number of rotatable bonds is 3. The first-order valence-electron chi connectivity index (χ1n) is 5.07. The zero-order chi connectivity index (χ0) is 14.0. The molecule has 9 heteroatoms. The lowest BCUT2D eigenvalue weighted by molar-refractivity contribution is 0.483. The van der Waals surface area contributed by atoms with Crippen LogP contribution in [0, 0.1) is 13.0 Å². The van der Waals surface area contributed by atoms with Gasteiger partial charge in [0.1, 0.15) is 5.82 Å². The number of nitrogens with zero attached hydrogens (tertiary/aromatic N) is 3. The Morgan fingerprint density at radius 1 is 1.26 bits per heavy atom. The van der Waals surface area contributed by atoms with Crippen molar-refractivity contribution in [3.05, 3.63) is 36.2 Å². The van der Waals surface area contributed by atoms with Crippen LogP contribution in [0.5, 0.6) is 0 Å². The smallest absolute Gasteiger partial charge is 0.313 e. The topological polar surface area (TPSA) is 105 Å². The predicted octanol–water partition coefficient (Wildman–Crippen LogP) is 1.31. The molecule has 0 aliphatic rings. The van der Waals surface area contributed by atoms with E-state index in [4.69, 9.17) is 4.55 Å². The van der Waals surface area contributed by atoms with Crippen molar-refractivity contribution in [1.82, 2.24) is 15.0 Å². The molecule has 19 heavy (non-hydrogen) atoms. The Hall–Kier alpha value is -2.13. The molecule has 1 aromatic heterocycles. The fourth-order valence-corrected chi connectivity index (χ4v) is 1.89. The standard InChI is InChI=1S/C10H9FN4O3S/c1-6-12-9(11)15-10(13-6)14-7-3-2-4-8(5-7)19(16,17)18/h2-5H,1H3,(H,16,17,18)(H,12,13,14,15). The molecule has 0 unspecified atom stereocenters. The van der Waals surface area contributed by atoms with Crippen LogP contribution < -0.4 is 5.32 Å². The largest absolute Gasteiger partial charge is 0.324 e. The molecule has 0 saturated carbocycles. The molecule has 7 nitrogen and oxygen atoms in total. The molecule has 0 bridgehead atoms. The summed E-state index contributed by atoms with van der Waals surface area (Å²) in [5.74, 6) is 0.124. The van der Waals surface area contributed by atoms with Crippen LogP contribution in [-0.2, 0) is 10.1 Å². The van der Waals surface area contributed by atoms with E-state index in [0.717, 1.165) is 0 Å². The van der Waals surface area contributed by atoms with Crippen LogP contribution in [0.25, 0.3) is 0 Å². The highest BCUT2D eigenvalue weighted by Crippen LogP contribution is 2.17. The maximum absolute atomic E-state index is 13.0. The lowest BCUT2D eigenvalue weighted by Gasteiger charge is -2.06. The summed E-state index contributed by atoms with van der Waals surface area (Å²) < 4.78 is 43.8. The van der Waals surface area contributed by atoms with Crippen LogP contribution in [0.4, 0.5) is 16.0 Å². The normalized spacial score (nSPS) is 11.3. The second kappa shape index (κ2) is 4.86. The van der Waals surface area contributed by atoms with E-state index >= 15 is 0 Å². The quantitative estimate of drug-likeness (QED) is 0.818. The Morgan fingerprint density at radius 3 is 2.63 bits per heavy atom. The maximum atomic E-state index is 13.0. The predicted molar refractivity (Wildman–Crippen MR) is 64.1 cm³/mol. The Labute approximate surface area is 108 Å². The van der Waals surface area contributed by atoms with Crippen molar-refractivity contribution in [2.45, 2.75) is 11.8 Å². The minimum Gasteiger partial charge on any atom is -0.324 e. The van der Waals surface area contributed by atoms with Gasteiger partial charge in [-0.2, -0.15) is 27.8 Å². The van der Waals surface area contributed by atoms with Gasteiger partial charge in [0, 0.05) is 5.69 Å². The van der Waals surface area contributed by atoms with E-state index in [9.17, 15) is 12.8 Å². The van der Waals surface area contributed by atoms with Gasteiger partial charge in [-0.25, -0.2) is 0 Å². The van der Waals surface area contributed by atoms with Crippen molar-refractivity contribution >= 4 is 21.8 Å². The highest BCUT2D eigenvalue weighted by atomic mass is 32.2. The molecule has 2 N–H and O–H groups in total. The third kappa shape index (κ3) is 3.42. The molecule has 0 radical (unpaired) electrons. The number of hydrogen-bond donors (Lipinski definition) is 2. The molecule has 0 saturated heterocycles. The third-order valence-electron chi connectivity index (χ3n) is 2.11. The van der Waals surface area contributed by atoms with Gasteiger partial charge in [-0.1, -0.05) is 6.07 Å². The maximum Gasteiger partial charge on any atom is 0.313 e. The molecule has 0 aliphatic carbocycles. The molecular weight excluding hydrogens is 275 g/mol. The summed E-state index contributed by atoms with van der Waals surface area (Å²) >= 11 is 0. The van der Waals surface area contributed by atoms with Crippen molar-refractivity contribution in [3.63, 3.8) is 0 Å². The SMILES string of the molecule is Cc1nc(F)nc(Nc2cccc(S(=O)(=O)O)c2)n1. The Bertz CT molecular complexity index is 700. The fraction of sp³-hybridized carbons (Fsp3) is 0.100. The van der Waals surface area contributed by atoms with Crippen molar-refractivity contribution in [2.75, 3.05) is 5.32 Å². The van der Waals surface area contributed by atoms with Crippen molar-refractivity contribution in [1.29, 1.82) is 0 Å². The monoisotopic (exact) mass is 284 g/mol. The molecule has 0 spiro atoms. The van der Waals surface area contributed by atoms with Gasteiger partial charge in [0.25, 0.3) is 10.1 Å². The fourth-order valence-electron chi connectivity index (χ4n) is 1.37. The molecule has 0 atom stereocenters. The molecule has 2 aromatic rings. The number of benzene rings is 1. The minimum atomic E-state index is -4.30. The van der Waals surface area contributed by atoms with Gasteiger partial charge in [-0.15, -0.1) is 0 Å². The van der Waals surface area contributed by atoms with Gasteiger partial charge >= 0.3 is 6.08 Å². The van der Waals surface area contributed by atoms with Gasteiger partial charge in [0.2, 0.25) is 5.95 Å². The summed E-state index contributed by atoms with van der Waals surface area (Å²) in [6.07, 6.45) is -0.944. The number of aromatic nitrogens is 3. The van der Waals surface area contributed by atoms with Crippen LogP contribution in [0.3, 0.4) is 0 Å². The van der Waals surface area contributed by atoms with Crippen LogP contribution in [0.2, 0.25) is 0 Å². The Balaban J connectivity index is 2.33. The van der Waals surface area contributed by atoms with E-state index in [2.05, 4.69) is 20.3 Å². The lowest BCUT2D eigenvalue weighted by atomic mass is 10.3. The van der Waals surface area contributed by atoms with E-state index in [-0.39, 0.29) is 16.7 Å². The summed E-state index contributed by atoms with van der Waals surface area (Å²) in [7, 11) is -4.30. The first-order valence-corrected chi connectivity index (χ1v) is 6.51. The van der Waals surface area contributed by atoms with Gasteiger partial charge in [0.15, 0.2) is 0 Å². The average molecular weight is 284 g/mol. The lowest BCUT2D eigenvalue weighted by Crippen LogP contribution is -2.04. The summed E-state index contributed by atoms with van der Waals surface area (Å²) in [4.78, 5) is 10.3. The number of anilines is 2. The van der Waals surface area contributed by atoms with Gasteiger partial charge < -0.3 is 5.32 Å². The number of nitrogens with one attached hydrogen (secondary N) is 1. The molecule has 0 aliphatic heterocycles. The molecule has 0 amide bonds. The van der Waals surface area contributed by atoms with E-state index in [1.807, 2.05) is 0 Å². The molecule has 1 aromatic carbocycles. The van der Waals surface area contributed by atoms with Crippen LogP contribution in [0.1, 0.15) is 5.82 Å². The second-order valence-corrected chi connectivity index (χ2v) is 5.02. The van der Waals surface area contributed by atoms with Crippen molar-refractivity contribution in [2.24, 2.45) is 0 Å². The average Bonchev–Trinajstić information content (AvgIpc) is 2.26. The molecule has 0 fully saturated rings. The number of hydrogen-bond acceptors (Lipinski definition) is 6. The summed E-state index contributed by atoms with van der Waals surface area (Å²) in [6.45, 7) is 1.49. The Morgan fingerprint density at radius 2 is 2.00 bits per heavy atom. The van der Waals surface area contributed by atoms with Crippen LogP contribution >= 0.6 is 0 Å². The van der Waals surface area contributed by atoms with Crippen LogP contribution in [0.15, 0.2) is 29.2 Å². The minimum absolute atomic E-state index is 0.0579. The zero-order valence-corrected chi connectivity index (χ0v) is 10.5. The highest BCUT2D eigenvalue weighted by Gasteiger charge is 2.10. The van der Waals surface area contributed by atoms with E-state index in [0.29, 0.717) is 5.69 Å². The summed E-state index contributed by atoms with van der Waals surface area (Å²) in [5.41, 5.74) is 0.292. The number of halogens is 1. The van der Waals surface area contributed by atoms with Crippen LogP contribution in [-0.4, -0.2) is 27.9 Å².